The molecule has 1 aliphatic carbocycles. The molecule has 4 heterocycles. The van der Waals surface area contributed by atoms with Crippen LogP contribution < -0.4 is 21.5 Å². The predicted molar refractivity (Wildman–Crippen MR) is 143 cm³/mol. The van der Waals surface area contributed by atoms with E-state index in [-0.39, 0.29) is 30.4 Å². The van der Waals surface area contributed by atoms with E-state index in [0.717, 1.165) is 56.3 Å². The number of aromatic nitrogens is 4. The Morgan fingerprint density at radius 3 is 2.30 bits per heavy atom. The molecule has 2 aromatic rings. The largest absolute Gasteiger partial charge is 0.490 e. The van der Waals surface area contributed by atoms with Crippen LogP contribution in [0.5, 0.6) is 0 Å². The van der Waals surface area contributed by atoms with Gasteiger partial charge in [0.05, 0.1) is 13.2 Å². The average molecular weight is 627 g/mol. The van der Waals surface area contributed by atoms with Crippen molar-refractivity contribution in [3.8, 4) is 0 Å². The molecule has 43 heavy (non-hydrogen) atoms. The number of hydrogen-bond donors (Lipinski definition) is 2. The van der Waals surface area contributed by atoms with Crippen LogP contribution >= 0.6 is 0 Å². The lowest BCUT2D eigenvalue weighted by Crippen LogP contribution is -2.43. The Hall–Kier alpha value is -3.08. The van der Waals surface area contributed by atoms with E-state index < -0.39 is 36.1 Å². The number of nitrogens with zero attached hydrogens (tertiary/aromatic N) is 5. The van der Waals surface area contributed by atoms with Gasteiger partial charge in [-0.05, 0) is 38.0 Å². The molecular formula is C26H36F6N6O5. The van der Waals surface area contributed by atoms with E-state index in [1.807, 2.05) is 4.57 Å². The summed E-state index contributed by atoms with van der Waals surface area (Å²) in [5, 5.41) is 10.5. The molecule has 0 amide bonds. The Morgan fingerprint density at radius 2 is 1.70 bits per heavy atom. The van der Waals surface area contributed by atoms with Gasteiger partial charge in [-0.3, -0.25) is 13.9 Å². The van der Waals surface area contributed by atoms with E-state index >= 15 is 0 Å². The minimum absolute atomic E-state index is 0.0638. The first-order chi connectivity index (χ1) is 20.2. The van der Waals surface area contributed by atoms with E-state index in [1.165, 1.54) is 6.42 Å². The van der Waals surface area contributed by atoms with Crippen LogP contribution in [0.3, 0.4) is 0 Å². The molecule has 2 aliphatic heterocycles. The highest BCUT2D eigenvalue weighted by molar-refractivity contribution is 5.75. The fourth-order valence-electron chi connectivity index (χ4n) is 6.22. The lowest BCUT2D eigenvalue weighted by molar-refractivity contribution is -0.192. The molecular weight excluding hydrogens is 590 g/mol. The number of carboxylic acid groups (broad SMARTS) is 1. The summed E-state index contributed by atoms with van der Waals surface area (Å²) in [5.74, 6) is -1.49. The summed E-state index contributed by atoms with van der Waals surface area (Å²) < 4.78 is 81.3. The molecule has 0 radical (unpaired) electrons. The molecule has 0 bridgehead atoms. The quantitative estimate of drug-likeness (QED) is 0.339. The first kappa shape index (κ1) is 32.8. The number of ether oxygens (including phenoxy) is 1. The van der Waals surface area contributed by atoms with Crippen LogP contribution in [0.1, 0.15) is 45.4 Å². The second-order valence-electron chi connectivity index (χ2n) is 11.1. The summed E-state index contributed by atoms with van der Waals surface area (Å²) in [6, 6.07) is 0.176. The minimum Gasteiger partial charge on any atom is -0.475 e. The van der Waals surface area contributed by atoms with Gasteiger partial charge in [0.2, 0.25) is 5.95 Å². The van der Waals surface area contributed by atoms with Gasteiger partial charge in [0.25, 0.3) is 5.56 Å². The highest BCUT2D eigenvalue weighted by atomic mass is 19.4. The van der Waals surface area contributed by atoms with Crippen molar-refractivity contribution in [3.05, 3.63) is 20.8 Å². The van der Waals surface area contributed by atoms with Crippen molar-refractivity contribution < 1.29 is 41.0 Å². The number of nitrogens with one attached hydrogen (secondary N) is 1. The number of halogens is 6. The van der Waals surface area contributed by atoms with Crippen LogP contribution in [-0.4, -0.2) is 81.0 Å². The third-order valence-corrected chi connectivity index (χ3v) is 8.21. The minimum atomic E-state index is -5.08. The molecule has 3 fully saturated rings. The van der Waals surface area contributed by atoms with Gasteiger partial charge in [-0.2, -0.15) is 31.3 Å². The fraction of sp³-hybridized carbons (Fsp3) is 0.769. The Kier molecular flexibility index (Phi) is 10.1. The molecule has 2 N–H and O–H groups in total. The Morgan fingerprint density at radius 1 is 1.02 bits per heavy atom. The third kappa shape index (κ3) is 7.53. The van der Waals surface area contributed by atoms with Crippen LogP contribution in [0.2, 0.25) is 0 Å². The summed E-state index contributed by atoms with van der Waals surface area (Å²) in [5.41, 5.74) is -1.68. The molecule has 3 aliphatic rings. The molecule has 2 unspecified atom stereocenters. The molecule has 17 heteroatoms. The number of anilines is 1. The van der Waals surface area contributed by atoms with Crippen LogP contribution in [-0.2, 0) is 29.2 Å². The highest BCUT2D eigenvalue weighted by Gasteiger charge is 2.41. The number of carbonyl (C=O) groups is 1. The molecule has 242 valence electrons. The monoisotopic (exact) mass is 626 g/mol. The molecule has 0 spiro atoms. The van der Waals surface area contributed by atoms with Crippen molar-refractivity contribution in [3.63, 3.8) is 0 Å². The zero-order valence-electron chi connectivity index (χ0n) is 23.7. The number of fused-ring (bicyclic) bond motifs is 2. The van der Waals surface area contributed by atoms with Crippen molar-refractivity contribution in [1.82, 2.24) is 24.0 Å². The van der Waals surface area contributed by atoms with Crippen molar-refractivity contribution in [2.24, 2.45) is 11.8 Å². The van der Waals surface area contributed by atoms with E-state index in [2.05, 4.69) is 15.2 Å². The lowest BCUT2D eigenvalue weighted by atomic mass is 9.89. The summed E-state index contributed by atoms with van der Waals surface area (Å²) >= 11 is 0. The van der Waals surface area contributed by atoms with Gasteiger partial charge in [0.1, 0.15) is 6.54 Å². The first-order valence-electron chi connectivity index (χ1n) is 14.4. The normalized spacial score (nSPS) is 21.2. The van der Waals surface area contributed by atoms with Gasteiger partial charge in [-0.15, -0.1) is 0 Å². The second-order valence-corrected chi connectivity index (χ2v) is 11.1. The zero-order chi connectivity index (χ0) is 31.5. The van der Waals surface area contributed by atoms with Gasteiger partial charge in [0, 0.05) is 38.8 Å². The van der Waals surface area contributed by atoms with Crippen molar-refractivity contribution in [2.75, 3.05) is 37.7 Å². The van der Waals surface area contributed by atoms with E-state index in [9.17, 15) is 35.9 Å². The maximum absolute atomic E-state index is 13.7. The SMILES string of the molecule is CCOCCn1c(=O)c2c(nc(N3CCC4CNCC43)n2CC2CCCCC2)n(CC(F)(F)F)c1=O.O=C(O)C(F)(F)F. The summed E-state index contributed by atoms with van der Waals surface area (Å²) in [4.78, 5) is 42.6. The van der Waals surface area contributed by atoms with Crippen LogP contribution in [0, 0.1) is 11.8 Å². The summed E-state index contributed by atoms with van der Waals surface area (Å²) in [6.45, 7) is 3.52. The number of rotatable bonds is 8. The molecule has 2 saturated heterocycles. The zero-order valence-corrected chi connectivity index (χ0v) is 23.7. The Balaban J connectivity index is 0.000000541. The number of alkyl halides is 6. The van der Waals surface area contributed by atoms with Crippen LogP contribution in [0.15, 0.2) is 9.59 Å². The van der Waals surface area contributed by atoms with Crippen molar-refractivity contribution >= 4 is 23.1 Å². The molecule has 11 nitrogen and oxygen atoms in total. The number of aliphatic carboxylic acids is 1. The van der Waals surface area contributed by atoms with Gasteiger partial charge < -0.3 is 24.6 Å². The number of carboxylic acids is 1. The second kappa shape index (κ2) is 13.3. The Bertz CT molecular complexity index is 1390. The van der Waals surface area contributed by atoms with Crippen LogP contribution in [0.4, 0.5) is 32.3 Å². The van der Waals surface area contributed by atoms with Gasteiger partial charge in [-0.25, -0.2) is 9.59 Å². The standard InChI is InChI=1S/C24H35F3N6O3.C2HF3O2/c1-2-36-11-10-31-21(34)19-20(33(23(31)35)15-24(25,26)27)29-22(30-9-8-17-12-28-13-18(17)30)32(19)14-16-6-4-3-5-7-16;3-2(4,5)1(6)7/h16-18,28H,2-15H2,1H3;(H,6,7). The lowest BCUT2D eigenvalue weighted by Gasteiger charge is -2.28. The van der Waals surface area contributed by atoms with Gasteiger partial charge >= 0.3 is 24.0 Å². The van der Waals surface area contributed by atoms with Crippen molar-refractivity contribution in [2.45, 2.75) is 83.5 Å². The Labute approximate surface area is 242 Å². The highest BCUT2D eigenvalue weighted by Crippen LogP contribution is 2.35. The van der Waals surface area contributed by atoms with Crippen LogP contribution in [0.25, 0.3) is 11.2 Å². The van der Waals surface area contributed by atoms with E-state index in [1.54, 1.807) is 6.92 Å². The third-order valence-electron chi connectivity index (χ3n) is 8.21. The number of hydrogen-bond acceptors (Lipinski definition) is 7. The topological polar surface area (TPSA) is 124 Å². The molecule has 2 aromatic heterocycles. The maximum atomic E-state index is 13.7. The molecule has 2 atom stereocenters. The van der Waals surface area contributed by atoms with Crippen molar-refractivity contribution in [1.29, 1.82) is 0 Å². The van der Waals surface area contributed by atoms with E-state index in [0.29, 0.717) is 35.5 Å². The van der Waals surface area contributed by atoms with Gasteiger partial charge in [0.15, 0.2) is 11.2 Å². The first-order valence-corrected chi connectivity index (χ1v) is 14.4. The van der Waals surface area contributed by atoms with Gasteiger partial charge in [-0.1, -0.05) is 19.3 Å². The average Bonchev–Trinajstić information content (AvgIpc) is 3.64. The smallest absolute Gasteiger partial charge is 0.475 e. The fourth-order valence-corrected chi connectivity index (χ4v) is 6.22. The predicted octanol–water partition coefficient (Wildman–Crippen LogP) is 2.97. The summed E-state index contributed by atoms with van der Waals surface area (Å²) in [6.07, 6.45) is -3.38. The molecule has 1 saturated carbocycles. The maximum Gasteiger partial charge on any atom is 0.490 e. The molecule has 5 rings (SSSR count). The number of imidazole rings is 1. The van der Waals surface area contributed by atoms with E-state index in [4.69, 9.17) is 14.6 Å². The summed E-state index contributed by atoms with van der Waals surface area (Å²) in [7, 11) is 0. The molecule has 0 aromatic carbocycles.